The molecule has 2 aliphatic rings. The number of hydrogen-bond acceptors (Lipinski definition) is 5. The zero-order valence-corrected chi connectivity index (χ0v) is 16.4. The molecule has 152 valence electrons. The van der Waals surface area contributed by atoms with Crippen molar-refractivity contribution in [3.8, 4) is 0 Å². The van der Waals surface area contributed by atoms with Crippen molar-refractivity contribution in [2.45, 2.75) is 25.4 Å². The number of aromatic nitrogens is 3. The van der Waals surface area contributed by atoms with Crippen LogP contribution in [0.15, 0.2) is 42.6 Å². The summed E-state index contributed by atoms with van der Waals surface area (Å²) < 4.78 is 1.75. The molecule has 0 atom stereocenters. The van der Waals surface area contributed by atoms with Crippen LogP contribution in [0.4, 0.5) is 0 Å². The van der Waals surface area contributed by atoms with Crippen LogP contribution in [0.3, 0.4) is 0 Å². The van der Waals surface area contributed by atoms with E-state index in [0.717, 1.165) is 18.4 Å². The number of rotatable bonds is 7. The molecule has 1 aliphatic carbocycles. The number of hydrogen-bond donors (Lipinski definition) is 1. The fourth-order valence-electron chi connectivity index (χ4n) is 3.33. The van der Waals surface area contributed by atoms with E-state index in [0.29, 0.717) is 51.0 Å². The summed E-state index contributed by atoms with van der Waals surface area (Å²) in [6, 6.07) is 10.4. The van der Waals surface area contributed by atoms with Crippen molar-refractivity contribution < 1.29 is 9.59 Å². The Kier molecular flexibility index (Phi) is 6.00. The number of piperazine rings is 1. The van der Waals surface area contributed by atoms with Crippen molar-refractivity contribution in [2.24, 2.45) is 0 Å². The lowest BCUT2D eigenvalue weighted by Gasteiger charge is -2.33. The van der Waals surface area contributed by atoms with Gasteiger partial charge in [0.05, 0.1) is 19.3 Å². The topological polar surface area (TPSA) is 83.4 Å². The van der Waals surface area contributed by atoms with E-state index < -0.39 is 0 Å². The van der Waals surface area contributed by atoms with E-state index in [1.165, 1.54) is 0 Å². The van der Waals surface area contributed by atoms with E-state index in [1.807, 2.05) is 36.5 Å². The largest absolute Gasteiger partial charge is 0.352 e. The maximum Gasteiger partial charge on any atom is 0.246 e. The Morgan fingerprint density at radius 1 is 1.10 bits per heavy atom. The van der Waals surface area contributed by atoms with Crippen LogP contribution in [-0.4, -0.2) is 75.4 Å². The highest BCUT2D eigenvalue weighted by Crippen LogP contribution is 2.18. The summed E-state index contributed by atoms with van der Waals surface area (Å²) in [4.78, 5) is 28.2. The first-order valence-corrected chi connectivity index (χ1v) is 10.1. The van der Waals surface area contributed by atoms with Crippen LogP contribution in [0.25, 0.3) is 6.08 Å². The van der Waals surface area contributed by atoms with Crippen LogP contribution in [0.5, 0.6) is 0 Å². The van der Waals surface area contributed by atoms with Gasteiger partial charge in [-0.1, -0.05) is 35.5 Å². The lowest BCUT2D eigenvalue weighted by atomic mass is 10.2. The zero-order chi connectivity index (χ0) is 20.1. The Labute approximate surface area is 170 Å². The minimum Gasteiger partial charge on any atom is -0.352 e. The van der Waals surface area contributed by atoms with Crippen molar-refractivity contribution in [1.82, 2.24) is 30.1 Å². The molecule has 8 nitrogen and oxygen atoms in total. The molecule has 2 aromatic rings. The molecule has 0 spiro atoms. The molecule has 0 bridgehead atoms. The van der Waals surface area contributed by atoms with E-state index in [1.54, 1.807) is 21.7 Å². The monoisotopic (exact) mass is 394 g/mol. The quantitative estimate of drug-likeness (QED) is 0.701. The average molecular weight is 394 g/mol. The van der Waals surface area contributed by atoms with Gasteiger partial charge in [0.25, 0.3) is 0 Å². The highest BCUT2D eigenvalue weighted by atomic mass is 16.2. The second kappa shape index (κ2) is 9.00. The lowest BCUT2D eigenvalue weighted by molar-refractivity contribution is -0.128. The molecule has 0 unspecified atom stereocenters. The van der Waals surface area contributed by atoms with Crippen LogP contribution < -0.4 is 5.32 Å². The minimum atomic E-state index is -0.0373. The fourth-order valence-corrected chi connectivity index (χ4v) is 3.33. The standard InChI is InChI=1S/C21H26N6O2/c28-20(22-18-6-7-18)16-25-10-12-26(13-11-25)21(29)9-8-19-15-27(24-23-19)14-17-4-2-1-3-5-17/h1-5,8-9,15,18H,6-7,10-14,16H2,(H,22,28). The average Bonchev–Trinajstić information content (AvgIpc) is 3.43. The number of carbonyl (C=O) groups is 2. The second-order valence-electron chi connectivity index (χ2n) is 7.60. The summed E-state index contributed by atoms with van der Waals surface area (Å²) in [5.41, 5.74) is 1.80. The van der Waals surface area contributed by atoms with Crippen LogP contribution in [0, 0.1) is 0 Å². The molecule has 29 heavy (non-hydrogen) atoms. The third-order valence-electron chi connectivity index (χ3n) is 5.13. The molecule has 2 heterocycles. The third kappa shape index (κ3) is 5.74. The molecule has 1 aliphatic heterocycles. The SMILES string of the molecule is O=C(CN1CCN(C(=O)C=Cc2cn(Cc3ccccc3)nn2)CC1)NC1CC1. The minimum absolute atomic E-state index is 0.0373. The molecule has 2 fully saturated rings. The highest BCUT2D eigenvalue weighted by Gasteiger charge is 2.25. The normalized spacial score (nSPS) is 17.6. The van der Waals surface area contributed by atoms with Crippen molar-refractivity contribution in [3.63, 3.8) is 0 Å². The molecular weight excluding hydrogens is 368 g/mol. The fraction of sp³-hybridized carbons (Fsp3) is 0.429. The van der Waals surface area contributed by atoms with Crippen molar-refractivity contribution in [1.29, 1.82) is 0 Å². The van der Waals surface area contributed by atoms with E-state index in [4.69, 9.17) is 0 Å². The first kappa shape index (κ1) is 19.3. The van der Waals surface area contributed by atoms with Crippen LogP contribution in [0.1, 0.15) is 24.1 Å². The second-order valence-corrected chi connectivity index (χ2v) is 7.60. The zero-order valence-electron chi connectivity index (χ0n) is 16.4. The van der Waals surface area contributed by atoms with Crippen molar-refractivity contribution in [2.75, 3.05) is 32.7 Å². The molecular formula is C21H26N6O2. The first-order chi connectivity index (χ1) is 14.2. The van der Waals surface area contributed by atoms with Gasteiger partial charge < -0.3 is 10.2 Å². The van der Waals surface area contributed by atoms with Crippen LogP contribution >= 0.6 is 0 Å². The maximum absolute atomic E-state index is 12.4. The predicted octanol–water partition coefficient (Wildman–Crippen LogP) is 0.762. The first-order valence-electron chi connectivity index (χ1n) is 10.1. The number of amides is 2. The van der Waals surface area contributed by atoms with Gasteiger partial charge in [0, 0.05) is 38.3 Å². The maximum atomic E-state index is 12.4. The molecule has 1 N–H and O–H groups in total. The summed E-state index contributed by atoms with van der Waals surface area (Å²) in [6.07, 6.45) is 7.27. The van der Waals surface area contributed by atoms with Gasteiger partial charge in [-0.15, -0.1) is 5.10 Å². The lowest BCUT2D eigenvalue weighted by Crippen LogP contribution is -2.51. The number of nitrogens with zero attached hydrogens (tertiary/aromatic N) is 5. The Hall–Kier alpha value is -3.00. The van der Waals surface area contributed by atoms with Gasteiger partial charge in [0.1, 0.15) is 5.69 Å². The van der Waals surface area contributed by atoms with Crippen molar-refractivity contribution >= 4 is 17.9 Å². The van der Waals surface area contributed by atoms with E-state index in [-0.39, 0.29) is 11.8 Å². The van der Waals surface area contributed by atoms with Gasteiger partial charge >= 0.3 is 0 Å². The molecule has 1 saturated carbocycles. The van der Waals surface area contributed by atoms with E-state index in [9.17, 15) is 9.59 Å². The number of nitrogens with one attached hydrogen (secondary N) is 1. The Morgan fingerprint density at radius 2 is 1.86 bits per heavy atom. The summed E-state index contributed by atoms with van der Waals surface area (Å²) in [5.74, 6) is 0.0513. The molecule has 8 heteroatoms. The van der Waals surface area contributed by atoms with Gasteiger partial charge in [0.2, 0.25) is 11.8 Å². The molecule has 1 saturated heterocycles. The summed E-state index contributed by atoms with van der Waals surface area (Å²) in [6.45, 7) is 3.74. The highest BCUT2D eigenvalue weighted by molar-refractivity contribution is 5.91. The van der Waals surface area contributed by atoms with Gasteiger partial charge in [0.15, 0.2) is 0 Å². The van der Waals surface area contributed by atoms with E-state index >= 15 is 0 Å². The number of benzene rings is 1. The van der Waals surface area contributed by atoms with Crippen LogP contribution in [-0.2, 0) is 16.1 Å². The van der Waals surface area contributed by atoms with Gasteiger partial charge in [-0.3, -0.25) is 14.5 Å². The smallest absolute Gasteiger partial charge is 0.246 e. The van der Waals surface area contributed by atoms with Gasteiger partial charge in [-0.25, -0.2) is 4.68 Å². The molecule has 1 aromatic carbocycles. The Bertz CT molecular complexity index is 866. The predicted molar refractivity (Wildman–Crippen MR) is 109 cm³/mol. The Balaban J connectivity index is 1.22. The van der Waals surface area contributed by atoms with Crippen LogP contribution in [0.2, 0.25) is 0 Å². The molecule has 2 amide bonds. The van der Waals surface area contributed by atoms with E-state index in [2.05, 4.69) is 20.5 Å². The third-order valence-corrected chi connectivity index (χ3v) is 5.13. The summed E-state index contributed by atoms with van der Waals surface area (Å²) in [7, 11) is 0. The van der Waals surface area contributed by atoms with Crippen molar-refractivity contribution in [3.05, 3.63) is 53.9 Å². The van der Waals surface area contributed by atoms with Gasteiger partial charge in [-0.05, 0) is 24.5 Å². The number of carbonyl (C=O) groups excluding carboxylic acids is 2. The molecule has 4 rings (SSSR count). The summed E-state index contributed by atoms with van der Waals surface area (Å²) >= 11 is 0. The molecule has 0 radical (unpaired) electrons. The Morgan fingerprint density at radius 3 is 2.59 bits per heavy atom. The molecule has 1 aromatic heterocycles. The summed E-state index contributed by atoms with van der Waals surface area (Å²) in [5, 5.41) is 11.2. The van der Waals surface area contributed by atoms with Gasteiger partial charge in [-0.2, -0.15) is 0 Å².